The number of aryl methyl sites for hydroxylation is 2. The van der Waals surface area contributed by atoms with Gasteiger partial charge in [-0.1, -0.05) is 6.07 Å². The molecule has 4 amide bonds. The van der Waals surface area contributed by atoms with E-state index in [9.17, 15) is 41.4 Å². The lowest BCUT2D eigenvalue weighted by atomic mass is 9.89. The molecule has 1 fully saturated rings. The number of hydrogen-bond donors (Lipinski definition) is 4. The lowest BCUT2D eigenvalue weighted by Gasteiger charge is -2.40. The van der Waals surface area contributed by atoms with Gasteiger partial charge in [0.2, 0.25) is 17.5 Å². The van der Waals surface area contributed by atoms with Crippen LogP contribution in [-0.2, 0) is 39.3 Å². The molecule has 1 aliphatic carbocycles. The molecule has 0 bridgehead atoms. The summed E-state index contributed by atoms with van der Waals surface area (Å²) < 4.78 is 76.9. The molecule has 1 unspecified atom stereocenters. The number of benzene rings is 2. The van der Waals surface area contributed by atoms with Crippen LogP contribution in [0, 0.1) is 11.6 Å². The van der Waals surface area contributed by atoms with Gasteiger partial charge in [0, 0.05) is 20.0 Å². The third kappa shape index (κ3) is 5.05. The molecule has 0 aromatic heterocycles. The average molecular weight is 598 g/mol. The van der Waals surface area contributed by atoms with Gasteiger partial charge < -0.3 is 30.3 Å². The van der Waals surface area contributed by atoms with E-state index in [-0.39, 0.29) is 53.3 Å². The monoisotopic (exact) mass is 597 g/mol. The maximum atomic E-state index is 15.0. The van der Waals surface area contributed by atoms with Crippen molar-refractivity contribution in [1.29, 1.82) is 0 Å². The Morgan fingerprint density at radius 1 is 1.10 bits per heavy atom. The molecule has 0 radical (unpaired) electrons. The number of carbonyl (C=O) groups excluding carboxylic acids is 3. The van der Waals surface area contributed by atoms with Gasteiger partial charge in [-0.3, -0.25) is 14.9 Å². The van der Waals surface area contributed by atoms with E-state index in [1.807, 2.05) is 0 Å². The summed E-state index contributed by atoms with van der Waals surface area (Å²) in [6, 6.07) is 5.21. The number of urea groups is 1. The Balaban J connectivity index is 1.45. The number of halogens is 5. The first-order valence-corrected chi connectivity index (χ1v) is 13.1. The molecule has 1 spiro atoms. The smallest absolute Gasteiger partial charge is 0.363 e. The van der Waals surface area contributed by atoms with Crippen molar-refractivity contribution in [2.45, 2.75) is 49.7 Å². The van der Waals surface area contributed by atoms with Crippen molar-refractivity contribution in [2.75, 3.05) is 32.4 Å². The summed E-state index contributed by atoms with van der Waals surface area (Å²) in [5.41, 5.74) is -4.01. The Morgan fingerprint density at radius 3 is 2.55 bits per heavy atom. The Morgan fingerprint density at radius 2 is 1.83 bits per heavy atom. The van der Waals surface area contributed by atoms with E-state index >= 15 is 0 Å². The summed E-state index contributed by atoms with van der Waals surface area (Å²) in [6.45, 7) is -2.21. The Kier molecular flexibility index (Phi) is 7.62. The van der Waals surface area contributed by atoms with Crippen LogP contribution >= 0.6 is 0 Å². The van der Waals surface area contributed by atoms with Crippen molar-refractivity contribution in [2.24, 2.45) is 0 Å². The lowest BCUT2D eigenvalue weighted by molar-refractivity contribution is -0.313. The second-order valence-electron chi connectivity index (χ2n) is 10.5. The number of rotatable bonds is 3. The van der Waals surface area contributed by atoms with E-state index in [1.54, 1.807) is 0 Å². The molecule has 5 rings (SSSR count). The van der Waals surface area contributed by atoms with E-state index in [4.69, 9.17) is 4.74 Å². The quantitative estimate of drug-likeness (QED) is 0.404. The Bertz CT molecular complexity index is 1440. The minimum absolute atomic E-state index is 0.109. The highest BCUT2D eigenvalue weighted by Crippen LogP contribution is 2.43. The second kappa shape index (κ2) is 10.8. The highest BCUT2D eigenvalue weighted by atomic mass is 19.4. The zero-order chi connectivity index (χ0) is 30.4. The number of amides is 4. The second-order valence-corrected chi connectivity index (χ2v) is 10.5. The first-order chi connectivity index (χ1) is 19.8. The van der Waals surface area contributed by atoms with Crippen LogP contribution in [-0.4, -0.2) is 71.7 Å². The number of nitrogens with zero attached hydrogens (tertiary/aromatic N) is 2. The van der Waals surface area contributed by atoms with Crippen LogP contribution < -0.4 is 16.0 Å². The molecule has 1 saturated heterocycles. The van der Waals surface area contributed by atoms with E-state index < -0.39 is 73.2 Å². The summed E-state index contributed by atoms with van der Waals surface area (Å²) in [5, 5.41) is 18.5. The van der Waals surface area contributed by atoms with Gasteiger partial charge in [0.1, 0.15) is 30.4 Å². The van der Waals surface area contributed by atoms with Crippen molar-refractivity contribution in [3.8, 4) is 0 Å². The molecule has 10 nitrogen and oxygen atoms in total. The van der Waals surface area contributed by atoms with Gasteiger partial charge in [0.05, 0.1) is 12.4 Å². The fraction of sp³-hybridized carbons (Fsp3) is 0.444. The van der Waals surface area contributed by atoms with Crippen LogP contribution in [0.15, 0.2) is 30.3 Å². The summed E-state index contributed by atoms with van der Waals surface area (Å²) in [6.07, 6.45) is -6.13. The molecule has 0 saturated carbocycles. The minimum Gasteiger partial charge on any atom is -0.363 e. The molecule has 2 heterocycles. The summed E-state index contributed by atoms with van der Waals surface area (Å²) in [5.74, 6) is -3.43. The fourth-order valence-electron chi connectivity index (χ4n) is 5.78. The molecular weight excluding hydrogens is 569 g/mol. The minimum atomic E-state index is -5.26. The third-order valence-electron chi connectivity index (χ3n) is 8.04. The average Bonchev–Trinajstić information content (AvgIpc) is 3.10. The Labute approximate surface area is 236 Å². The number of hydrogen-bond acceptors (Lipinski definition) is 6. The molecule has 226 valence electrons. The van der Waals surface area contributed by atoms with Gasteiger partial charge in [-0.2, -0.15) is 13.2 Å². The fourth-order valence-corrected chi connectivity index (χ4v) is 5.78. The first kappa shape index (κ1) is 29.7. The summed E-state index contributed by atoms with van der Waals surface area (Å²) in [7, 11) is 1.36. The van der Waals surface area contributed by atoms with Crippen LogP contribution in [0.2, 0.25) is 0 Å². The molecule has 2 aromatic rings. The standard InChI is InChI=1S/C27H28F5N5O5/c1-33-24(40)35-21-9-16-4-6-25(19(16)10-20(21)29)23(39)36(14-42-13-34-25)12-22(38)37-11-17-2-3-18(28)8-15(17)5-7-26(37,41)27(30,31)32/h2-3,8-10,34,41H,4-7,11-14H2,1H3,(H2,33,35,40)/t25?,26-/m0/s1. The van der Waals surface area contributed by atoms with Crippen molar-refractivity contribution in [3.05, 3.63) is 64.2 Å². The van der Waals surface area contributed by atoms with E-state index in [2.05, 4.69) is 16.0 Å². The normalized spacial score (nSPS) is 24.1. The number of anilines is 1. The number of fused-ring (bicyclic) bond motifs is 3. The molecule has 42 heavy (non-hydrogen) atoms. The van der Waals surface area contributed by atoms with Gasteiger partial charge >= 0.3 is 12.2 Å². The van der Waals surface area contributed by atoms with Gasteiger partial charge in [0.25, 0.3) is 0 Å². The summed E-state index contributed by atoms with van der Waals surface area (Å²) >= 11 is 0. The molecule has 15 heteroatoms. The van der Waals surface area contributed by atoms with Crippen LogP contribution in [0.25, 0.3) is 0 Å². The van der Waals surface area contributed by atoms with Gasteiger partial charge in [0.15, 0.2) is 0 Å². The highest BCUT2D eigenvalue weighted by molar-refractivity contribution is 5.93. The number of nitrogens with one attached hydrogen (secondary N) is 3. The van der Waals surface area contributed by atoms with Crippen LogP contribution in [0.5, 0.6) is 0 Å². The van der Waals surface area contributed by atoms with Crippen molar-refractivity contribution in [1.82, 2.24) is 20.4 Å². The zero-order valence-electron chi connectivity index (χ0n) is 22.4. The van der Waals surface area contributed by atoms with Crippen LogP contribution in [0.3, 0.4) is 0 Å². The van der Waals surface area contributed by atoms with Gasteiger partial charge in [-0.05, 0) is 65.8 Å². The maximum Gasteiger partial charge on any atom is 0.436 e. The maximum absolute atomic E-state index is 15.0. The number of alkyl halides is 3. The third-order valence-corrected chi connectivity index (χ3v) is 8.04. The topological polar surface area (TPSA) is 123 Å². The summed E-state index contributed by atoms with van der Waals surface area (Å²) in [4.78, 5) is 40.3. The predicted octanol–water partition coefficient (Wildman–Crippen LogP) is 2.45. The zero-order valence-corrected chi connectivity index (χ0v) is 22.4. The Hall–Kier alpha value is -3.82. The van der Waals surface area contributed by atoms with E-state index in [0.717, 1.165) is 23.1 Å². The molecule has 2 atom stereocenters. The predicted molar refractivity (Wildman–Crippen MR) is 136 cm³/mol. The van der Waals surface area contributed by atoms with E-state index in [0.29, 0.717) is 5.56 Å². The first-order valence-electron chi connectivity index (χ1n) is 13.1. The molecule has 3 aliphatic rings. The van der Waals surface area contributed by atoms with Crippen LogP contribution in [0.4, 0.5) is 32.4 Å². The lowest BCUT2D eigenvalue weighted by Crippen LogP contribution is -2.62. The number of carbonyl (C=O) groups is 3. The van der Waals surface area contributed by atoms with Crippen molar-refractivity contribution < 1.29 is 46.2 Å². The SMILES string of the molecule is CNC(=O)Nc1cc2c(cc1F)C1(CC2)NCOCN(CC(=O)N2Cc3ccc(F)cc3CC[C@]2(O)C(F)(F)F)C1=O. The van der Waals surface area contributed by atoms with Crippen LogP contribution in [0.1, 0.15) is 35.1 Å². The molecule has 2 aromatic carbocycles. The molecule has 2 aliphatic heterocycles. The largest absolute Gasteiger partial charge is 0.436 e. The molecular formula is C27H28F5N5O5. The van der Waals surface area contributed by atoms with Crippen molar-refractivity contribution in [3.63, 3.8) is 0 Å². The molecule has 4 N–H and O–H groups in total. The van der Waals surface area contributed by atoms with E-state index in [1.165, 1.54) is 19.2 Å². The van der Waals surface area contributed by atoms with Crippen molar-refractivity contribution >= 4 is 23.5 Å². The number of ether oxygens (including phenoxy) is 1. The number of aliphatic hydroxyl groups is 1. The van der Waals surface area contributed by atoms with Gasteiger partial charge in [-0.15, -0.1) is 0 Å². The highest BCUT2D eigenvalue weighted by Gasteiger charge is 2.60. The van der Waals surface area contributed by atoms with Gasteiger partial charge in [-0.25, -0.2) is 13.6 Å².